The molecular weight excluding hydrogens is 463 g/mol. The molecule has 0 aliphatic carbocycles. The standard InChI is InChI=1S/C26H25FN6OS/c1-19-24(25(34)33(30(19)2)22-7-4-3-5-8-22)29-26-32(15-6-14-31-16-13-28-18-31)23(17-35-26)20-9-11-21(27)12-10-20/h3-5,7-13,16-18H,6,14-15H2,1-2H3. The molecule has 0 aliphatic heterocycles. The first-order chi connectivity index (χ1) is 17.0. The van der Waals surface area contributed by atoms with E-state index in [1.54, 1.807) is 29.3 Å². The fraction of sp³-hybridized carbons (Fsp3) is 0.192. The zero-order chi connectivity index (χ0) is 24.4. The molecule has 35 heavy (non-hydrogen) atoms. The lowest BCUT2D eigenvalue weighted by molar-refractivity contribution is 0.559. The average molecular weight is 489 g/mol. The van der Waals surface area contributed by atoms with Gasteiger partial charge in [0.05, 0.1) is 23.4 Å². The normalized spacial score (nSPS) is 11.9. The molecule has 9 heteroatoms. The van der Waals surface area contributed by atoms with Gasteiger partial charge in [-0.2, -0.15) is 0 Å². The fourth-order valence-electron chi connectivity index (χ4n) is 4.10. The van der Waals surface area contributed by atoms with Crippen molar-refractivity contribution in [3.05, 3.63) is 105 Å². The van der Waals surface area contributed by atoms with E-state index < -0.39 is 0 Å². The molecule has 0 fully saturated rings. The summed E-state index contributed by atoms with van der Waals surface area (Å²) in [6, 6.07) is 16.0. The Balaban J connectivity index is 1.59. The lowest BCUT2D eigenvalue weighted by Crippen LogP contribution is -2.20. The largest absolute Gasteiger partial charge is 0.337 e. The topological polar surface area (TPSA) is 62.0 Å². The summed E-state index contributed by atoms with van der Waals surface area (Å²) in [6.07, 6.45) is 6.34. The Morgan fingerprint density at radius 2 is 1.83 bits per heavy atom. The predicted molar refractivity (Wildman–Crippen MR) is 136 cm³/mol. The number of para-hydroxylation sites is 1. The molecule has 5 aromatic rings. The van der Waals surface area contributed by atoms with E-state index in [4.69, 9.17) is 4.99 Å². The maximum absolute atomic E-state index is 13.6. The Morgan fingerprint density at radius 1 is 1.06 bits per heavy atom. The second kappa shape index (κ2) is 9.71. The molecule has 178 valence electrons. The van der Waals surface area contributed by atoms with Crippen LogP contribution in [0.5, 0.6) is 0 Å². The van der Waals surface area contributed by atoms with Gasteiger partial charge in [0.2, 0.25) is 0 Å². The van der Waals surface area contributed by atoms with E-state index in [1.165, 1.54) is 23.5 Å². The van der Waals surface area contributed by atoms with Crippen LogP contribution in [-0.4, -0.2) is 23.5 Å². The monoisotopic (exact) mass is 488 g/mol. The van der Waals surface area contributed by atoms with E-state index in [0.29, 0.717) is 12.2 Å². The van der Waals surface area contributed by atoms with Crippen LogP contribution in [0, 0.1) is 12.7 Å². The molecule has 5 rings (SSSR count). The SMILES string of the molecule is Cc1c(N=c2scc(-c3ccc(F)cc3)n2CCCn2ccnc2)c(=O)n(-c2ccccc2)n1C. The number of hydrogen-bond donors (Lipinski definition) is 0. The molecule has 0 atom stereocenters. The van der Waals surface area contributed by atoms with Crippen LogP contribution in [0.3, 0.4) is 0 Å². The van der Waals surface area contributed by atoms with Crippen molar-refractivity contribution >= 4 is 17.0 Å². The molecule has 3 aromatic heterocycles. The lowest BCUT2D eigenvalue weighted by Gasteiger charge is -2.10. The number of thiazole rings is 1. The highest BCUT2D eigenvalue weighted by Crippen LogP contribution is 2.22. The van der Waals surface area contributed by atoms with Gasteiger partial charge in [-0.25, -0.2) is 19.0 Å². The minimum Gasteiger partial charge on any atom is -0.337 e. The van der Waals surface area contributed by atoms with Gasteiger partial charge < -0.3 is 9.13 Å². The quantitative estimate of drug-likeness (QED) is 0.334. The fourth-order valence-corrected chi connectivity index (χ4v) is 5.04. The molecule has 0 N–H and O–H groups in total. The molecular formula is C26H25FN6OS. The lowest BCUT2D eigenvalue weighted by atomic mass is 10.1. The minimum absolute atomic E-state index is 0.169. The molecule has 3 heterocycles. The number of rotatable bonds is 7. The Morgan fingerprint density at radius 3 is 2.54 bits per heavy atom. The molecule has 0 bridgehead atoms. The summed E-state index contributed by atoms with van der Waals surface area (Å²) >= 11 is 1.47. The van der Waals surface area contributed by atoms with Crippen LogP contribution in [0.1, 0.15) is 12.1 Å². The van der Waals surface area contributed by atoms with Gasteiger partial charge in [-0.3, -0.25) is 9.48 Å². The molecule has 0 saturated heterocycles. The van der Waals surface area contributed by atoms with Crippen molar-refractivity contribution in [2.24, 2.45) is 12.0 Å². The van der Waals surface area contributed by atoms with Crippen molar-refractivity contribution in [3.63, 3.8) is 0 Å². The van der Waals surface area contributed by atoms with Crippen LogP contribution in [0.2, 0.25) is 0 Å². The highest BCUT2D eigenvalue weighted by atomic mass is 32.1. The summed E-state index contributed by atoms with van der Waals surface area (Å²) < 4.78 is 21.1. The van der Waals surface area contributed by atoms with Crippen molar-refractivity contribution in [2.75, 3.05) is 0 Å². The van der Waals surface area contributed by atoms with Gasteiger partial charge in [-0.05, 0) is 55.3 Å². The molecule has 0 unspecified atom stereocenters. The van der Waals surface area contributed by atoms with Crippen LogP contribution in [-0.2, 0) is 20.1 Å². The van der Waals surface area contributed by atoms with Crippen molar-refractivity contribution < 1.29 is 4.39 Å². The van der Waals surface area contributed by atoms with E-state index in [1.807, 2.05) is 65.1 Å². The van der Waals surface area contributed by atoms with Gasteiger partial charge in [0.15, 0.2) is 10.5 Å². The number of hydrogen-bond acceptors (Lipinski definition) is 4. The van der Waals surface area contributed by atoms with Crippen LogP contribution < -0.4 is 10.4 Å². The first-order valence-corrected chi connectivity index (χ1v) is 12.2. The van der Waals surface area contributed by atoms with Crippen LogP contribution >= 0.6 is 11.3 Å². The Hall–Kier alpha value is -3.98. The molecule has 7 nitrogen and oxygen atoms in total. The summed E-state index contributed by atoms with van der Waals surface area (Å²) in [5.41, 5.74) is 3.65. The Labute approximate surface area is 205 Å². The first-order valence-electron chi connectivity index (χ1n) is 11.3. The molecule has 2 aromatic carbocycles. The third-order valence-electron chi connectivity index (χ3n) is 6.03. The summed E-state index contributed by atoms with van der Waals surface area (Å²) in [5.74, 6) is -0.276. The zero-order valence-corrected chi connectivity index (χ0v) is 20.3. The zero-order valence-electron chi connectivity index (χ0n) is 19.5. The molecule has 0 saturated carbocycles. The third kappa shape index (κ3) is 4.54. The molecule has 0 amide bonds. The number of nitrogens with zero attached hydrogens (tertiary/aromatic N) is 6. The predicted octanol–water partition coefficient (Wildman–Crippen LogP) is 4.67. The van der Waals surface area contributed by atoms with Crippen LogP contribution in [0.25, 0.3) is 16.9 Å². The summed E-state index contributed by atoms with van der Waals surface area (Å²) in [6.45, 7) is 3.39. The molecule has 0 aliphatic rings. The van der Waals surface area contributed by atoms with Gasteiger partial charge >= 0.3 is 0 Å². The van der Waals surface area contributed by atoms with Crippen LogP contribution in [0.15, 0.2) is 88.5 Å². The van der Waals surface area contributed by atoms with E-state index >= 15 is 0 Å². The maximum Gasteiger partial charge on any atom is 0.297 e. The first kappa shape index (κ1) is 22.8. The van der Waals surface area contributed by atoms with E-state index in [9.17, 15) is 9.18 Å². The summed E-state index contributed by atoms with van der Waals surface area (Å²) in [7, 11) is 1.86. The van der Waals surface area contributed by atoms with Gasteiger partial charge in [0.1, 0.15) is 5.82 Å². The van der Waals surface area contributed by atoms with E-state index in [0.717, 1.165) is 40.4 Å². The van der Waals surface area contributed by atoms with Crippen molar-refractivity contribution in [2.45, 2.75) is 26.4 Å². The third-order valence-corrected chi connectivity index (χ3v) is 6.89. The van der Waals surface area contributed by atoms with E-state index in [2.05, 4.69) is 9.55 Å². The van der Waals surface area contributed by atoms with Gasteiger partial charge in [-0.15, -0.1) is 11.3 Å². The van der Waals surface area contributed by atoms with Gasteiger partial charge in [0, 0.05) is 37.9 Å². The number of benzene rings is 2. The summed E-state index contributed by atoms with van der Waals surface area (Å²) in [5, 5.41) is 2.01. The van der Waals surface area contributed by atoms with E-state index in [-0.39, 0.29) is 11.4 Å². The highest BCUT2D eigenvalue weighted by Gasteiger charge is 2.17. The minimum atomic E-state index is -0.276. The van der Waals surface area contributed by atoms with Crippen molar-refractivity contribution in [1.29, 1.82) is 0 Å². The summed E-state index contributed by atoms with van der Waals surface area (Å²) in [4.78, 5) is 23.1. The van der Waals surface area contributed by atoms with Crippen molar-refractivity contribution in [3.8, 4) is 16.9 Å². The number of halogens is 1. The van der Waals surface area contributed by atoms with Crippen LogP contribution in [0.4, 0.5) is 10.1 Å². The molecule has 0 spiro atoms. The number of aromatic nitrogens is 5. The van der Waals surface area contributed by atoms with Crippen molar-refractivity contribution in [1.82, 2.24) is 23.5 Å². The van der Waals surface area contributed by atoms with Gasteiger partial charge in [0.25, 0.3) is 5.56 Å². The Kier molecular flexibility index (Phi) is 6.33. The van der Waals surface area contributed by atoms with Gasteiger partial charge in [-0.1, -0.05) is 18.2 Å². The second-order valence-electron chi connectivity index (χ2n) is 8.24. The Bertz CT molecular complexity index is 1560. The molecule has 0 radical (unpaired) electrons. The number of imidazole rings is 1. The average Bonchev–Trinajstić information content (AvgIpc) is 3.58. The highest BCUT2D eigenvalue weighted by molar-refractivity contribution is 7.07. The smallest absolute Gasteiger partial charge is 0.297 e. The maximum atomic E-state index is 13.6. The second-order valence-corrected chi connectivity index (χ2v) is 9.07. The number of aryl methyl sites for hydroxylation is 1.